The quantitative estimate of drug-likeness (QED) is 0.273. The van der Waals surface area contributed by atoms with Crippen LogP contribution in [0.15, 0.2) is 36.4 Å². The van der Waals surface area contributed by atoms with Crippen LogP contribution < -0.4 is 24.8 Å². The van der Waals surface area contributed by atoms with Gasteiger partial charge in [-0.1, -0.05) is 123 Å². The summed E-state index contributed by atoms with van der Waals surface area (Å²) in [7, 11) is 0. The molecule has 0 radical (unpaired) electrons. The molecule has 0 heterocycles. The van der Waals surface area contributed by atoms with E-state index in [1.807, 2.05) is 0 Å². The maximum absolute atomic E-state index is 3.69. The zero-order valence-corrected chi connectivity index (χ0v) is 29.9. The second-order valence-electron chi connectivity index (χ2n) is 14.0. The summed E-state index contributed by atoms with van der Waals surface area (Å²) in [5.41, 5.74) is 15.1. The topological polar surface area (TPSA) is 0 Å². The Bertz CT molecular complexity index is 1180. The maximum Gasteiger partial charge on any atom is 4.00 e. The largest absolute Gasteiger partial charge is 4.00 e. The van der Waals surface area contributed by atoms with E-state index < -0.39 is 0 Å². The minimum absolute atomic E-state index is 0. The third-order valence-electron chi connectivity index (χ3n) is 8.64. The van der Waals surface area contributed by atoms with Crippen molar-refractivity contribution in [3.63, 3.8) is 0 Å². The van der Waals surface area contributed by atoms with E-state index in [9.17, 15) is 0 Å². The molecule has 3 heteroatoms. The molecule has 0 aromatic heterocycles. The van der Waals surface area contributed by atoms with Gasteiger partial charge in [0, 0.05) is 0 Å². The van der Waals surface area contributed by atoms with Crippen LogP contribution in [0.2, 0.25) is 0 Å². The normalized spacial score (nSPS) is 15.4. The van der Waals surface area contributed by atoms with E-state index in [0.717, 1.165) is 6.42 Å². The number of hydrogen-bond donors (Lipinski definition) is 0. The van der Waals surface area contributed by atoms with Gasteiger partial charge in [-0.2, -0.15) is 41.0 Å². The van der Waals surface area contributed by atoms with E-state index >= 15 is 0 Å². The molecule has 0 unspecified atom stereocenters. The first kappa shape index (κ1) is 36.3. The van der Waals surface area contributed by atoms with Crippen molar-refractivity contribution >= 4 is 0 Å². The van der Waals surface area contributed by atoms with Crippen LogP contribution in [0, 0.1) is 26.8 Å². The van der Waals surface area contributed by atoms with Crippen LogP contribution in [0.3, 0.4) is 0 Å². The maximum atomic E-state index is 3.69. The smallest absolute Gasteiger partial charge is 1.00 e. The van der Waals surface area contributed by atoms with Gasteiger partial charge in [-0.25, -0.2) is 6.07 Å². The fraction of sp³-hybridized carbons (Fsp3) is 0.528. The summed E-state index contributed by atoms with van der Waals surface area (Å²) in [5, 5.41) is 0. The Kier molecular flexibility index (Phi) is 12.5. The summed E-state index contributed by atoms with van der Waals surface area (Å²) in [6, 6.07) is 17.9. The molecule has 0 nitrogen and oxygen atoms in total. The van der Waals surface area contributed by atoms with Gasteiger partial charge in [-0.05, 0) is 35.4 Å². The summed E-state index contributed by atoms with van der Waals surface area (Å²) in [6.45, 7) is 22.9. The van der Waals surface area contributed by atoms with Gasteiger partial charge in [0.05, 0.1) is 0 Å². The molecule has 0 bridgehead atoms. The number of benzene rings is 2. The van der Waals surface area contributed by atoms with Crippen LogP contribution in [-0.4, -0.2) is 0 Å². The molecule has 3 aromatic rings. The Morgan fingerprint density at radius 1 is 0.769 bits per heavy atom. The molecule has 1 fully saturated rings. The second kappa shape index (κ2) is 13.5. The first-order valence-corrected chi connectivity index (χ1v) is 14.1. The van der Waals surface area contributed by atoms with Crippen LogP contribution in [0.25, 0.3) is 11.1 Å². The van der Waals surface area contributed by atoms with Crippen molar-refractivity contribution < 1.29 is 51.0 Å². The average Bonchev–Trinajstić information content (AvgIpc) is 3.35. The van der Waals surface area contributed by atoms with Gasteiger partial charge in [-0.3, -0.25) is 0 Å². The fourth-order valence-corrected chi connectivity index (χ4v) is 6.58. The molecule has 2 aliphatic carbocycles. The Balaban J connectivity index is 0.000000410. The molecule has 0 N–H and O–H groups in total. The predicted molar refractivity (Wildman–Crippen MR) is 158 cm³/mol. The van der Waals surface area contributed by atoms with Crippen molar-refractivity contribution in [1.82, 2.24) is 0 Å². The number of fused-ring (bicyclic) bond motifs is 3. The average molecular weight is 643 g/mol. The molecule has 0 atom stereocenters. The van der Waals surface area contributed by atoms with Gasteiger partial charge in [-0.15, -0.1) is 16.7 Å². The number of halogens is 2. The molecule has 2 aliphatic rings. The second-order valence-corrected chi connectivity index (χ2v) is 14.0. The summed E-state index contributed by atoms with van der Waals surface area (Å²) in [5.74, 6) is 0. The molecule has 39 heavy (non-hydrogen) atoms. The third kappa shape index (κ3) is 7.96. The van der Waals surface area contributed by atoms with Gasteiger partial charge in [0.1, 0.15) is 0 Å². The summed E-state index contributed by atoms with van der Waals surface area (Å²) in [6.07, 6.45) is 8.07. The first-order chi connectivity index (χ1) is 16.7. The van der Waals surface area contributed by atoms with Crippen LogP contribution in [0.4, 0.5) is 0 Å². The standard InChI is InChI=1S/C23H29.C13H19.2ClH.Zr/c1-14-9-16-11-17-10-15(2)21(23(6,7)8)13-19(17)18(16)12-20(14)22(3,4)5;1-11-6-7-12(10-11)13(2)8-4-3-5-9-13;;;/h9,12-13H,11H2,1-8H3;6-7,10H,3-5,8-9H2,1-2H3;2*1H;/q2*-1;;;+4/p-2. The SMILES string of the molecule is Cc1[c-]c2c(cc1C(C)(C)C)-c1cc(C(C)(C)C)c(C)cc1C2.Cc1cc(C2(C)CCCCC2)c[cH-]1.[Cl-].[Cl-].[Zr+4]. The van der Waals surface area contributed by atoms with E-state index in [-0.39, 0.29) is 61.8 Å². The van der Waals surface area contributed by atoms with Gasteiger partial charge >= 0.3 is 26.2 Å². The van der Waals surface area contributed by atoms with E-state index in [0.29, 0.717) is 5.41 Å². The van der Waals surface area contributed by atoms with Crippen molar-refractivity contribution in [3.05, 3.63) is 87.0 Å². The predicted octanol–water partition coefficient (Wildman–Crippen LogP) is 4.21. The van der Waals surface area contributed by atoms with E-state index in [1.165, 1.54) is 82.2 Å². The molecule has 0 amide bonds. The third-order valence-corrected chi connectivity index (χ3v) is 8.64. The van der Waals surface area contributed by atoms with Crippen molar-refractivity contribution in [2.24, 2.45) is 0 Å². The molecule has 0 aliphatic heterocycles. The van der Waals surface area contributed by atoms with Crippen LogP contribution >= 0.6 is 0 Å². The first-order valence-electron chi connectivity index (χ1n) is 14.1. The fourth-order valence-electron chi connectivity index (χ4n) is 6.58. The van der Waals surface area contributed by atoms with Crippen LogP contribution in [0.1, 0.15) is 125 Å². The zero-order valence-electron chi connectivity index (χ0n) is 26.0. The summed E-state index contributed by atoms with van der Waals surface area (Å²) < 4.78 is 0. The van der Waals surface area contributed by atoms with E-state index in [2.05, 4.69) is 112 Å². The summed E-state index contributed by atoms with van der Waals surface area (Å²) in [4.78, 5) is 0. The molecule has 3 aromatic carbocycles. The molecular weight excluding hydrogens is 595 g/mol. The molecular formula is C36H48Cl2Zr. The van der Waals surface area contributed by atoms with Crippen LogP contribution in [-0.2, 0) is 48.9 Å². The number of hydrogen-bond acceptors (Lipinski definition) is 0. The van der Waals surface area contributed by atoms with Crippen molar-refractivity contribution in [2.45, 2.75) is 124 Å². The van der Waals surface area contributed by atoms with Crippen molar-refractivity contribution in [1.29, 1.82) is 0 Å². The molecule has 1 saturated carbocycles. The molecule has 210 valence electrons. The Morgan fingerprint density at radius 3 is 1.85 bits per heavy atom. The van der Waals surface area contributed by atoms with Gasteiger partial charge in [0.25, 0.3) is 0 Å². The summed E-state index contributed by atoms with van der Waals surface area (Å²) >= 11 is 0. The Hall–Kier alpha value is -0.747. The minimum Gasteiger partial charge on any atom is -1.00 e. The van der Waals surface area contributed by atoms with E-state index in [4.69, 9.17) is 0 Å². The van der Waals surface area contributed by atoms with E-state index in [1.54, 1.807) is 5.56 Å². The molecule has 5 rings (SSSR count). The van der Waals surface area contributed by atoms with Gasteiger partial charge in [0.15, 0.2) is 0 Å². The molecule has 0 saturated heterocycles. The number of rotatable bonds is 1. The Morgan fingerprint density at radius 2 is 1.33 bits per heavy atom. The van der Waals surface area contributed by atoms with Crippen LogP contribution in [0.5, 0.6) is 0 Å². The van der Waals surface area contributed by atoms with Gasteiger partial charge < -0.3 is 24.8 Å². The Labute approximate surface area is 271 Å². The monoisotopic (exact) mass is 640 g/mol. The minimum atomic E-state index is 0. The van der Waals surface area contributed by atoms with Crippen molar-refractivity contribution in [2.75, 3.05) is 0 Å². The number of aryl methyl sites for hydroxylation is 3. The van der Waals surface area contributed by atoms with Crippen molar-refractivity contribution in [3.8, 4) is 11.1 Å². The van der Waals surface area contributed by atoms with Gasteiger partial charge in [0.2, 0.25) is 0 Å². The zero-order chi connectivity index (χ0) is 26.5. The molecule has 0 spiro atoms.